The zero-order valence-corrected chi connectivity index (χ0v) is 8.57. The van der Waals surface area contributed by atoms with Crippen molar-refractivity contribution in [1.82, 2.24) is 14.8 Å². The normalized spacial score (nSPS) is 12.9. The minimum atomic E-state index is 0.754. The van der Waals surface area contributed by atoms with Crippen LogP contribution in [0.25, 0.3) is 5.69 Å². The predicted molar refractivity (Wildman–Crippen MR) is 58.1 cm³/mol. The number of nitrogens with zero attached hydrogens (tertiary/aromatic N) is 3. The van der Waals surface area contributed by atoms with Crippen LogP contribution in [0.2, 0.25) is 0 Å². The maximum Gasteiger partial charge on any atom is 0.157 e. The zero-order valence-electron chi connectivity index (χ0n) is 8.57. The first kappa shape index (κ1) is 8.47. The summed E-state index contributed by atoms with van der Waals surface area (Å²) in [5.74, 6) is 2.02. The van der Waals surface area contributed by atoms with Gasteiger partial charge in [0, 0.05) is 6.42 Å². The molecule has 0 spiro atoms. The van der Waals surface area contributed by atoms with Crippen molar-refractivity contribution in [3.63, 3.8) is 0 Å². The zero-order chi connectivity index (χ0) is 10.3. The summed E-state index contributed by atoms with van der Waals surface area (Å²) in [6.45, 7) is 2.85. The van der Waals surface area contributed by atoms with Crippen LogP contribution in [-0.2, 0) is 13.0 Å². The fraction of sp³-hybridized carbons (Fsp3) is 0.273. The standard InChI is InChI=1S/C11H12N4/c1-2-10-13-14-11-7-12-8-5-3-4-6-9(8)15(10)11/h3-6,12H,2,7H2,1H3. The molecule has 0 atom stereocenters. The number of hydrogen-bond acceptors (Lipinski definition) is 3. The lowest BCUT2D eigenvalue weighted by atomic mass is 10.2. The van der Waals surface area contributed by atoms with Crippen LogP contribution in [0.15, 0.2) is 24.3 Å². The molecule has 4 heteroatoms. The second kappa shape index (κ2) is 3.08. The van der Waals surface area contributed by atoms with Gasteiger partial charge in [-0.25, -0.2) is 0 Å². The van der Waals surface area contributed by atoms with E-state index >= 15 is 0 Å². The fourth-order valence-electron chi connectivity index (χ4n) is 1.97. The number of aromatic nitrogens is 3. The van der Waals surface area contributed by atoms with Crippen LogP contribution < -0.4 is 5.32 Å². The number of para-hydroxylation sites is 2. The number of anilines is 1. The van der Waals surface area contributed by atoms with Gasteiger partial charge in [-0.05, 0) is 12.1 Å². The van der Waals surface area contributed by atoms with E-state index in [4.69, 9.17) is 0 Å². The van der Waals surface area contributed by atoms with Gasteiger partial charge in [0.25, 0.3) is 0 Å². The lowest BCUT2D eigenvalue weighted by Crippen LogP contribution is -2.16. The topological polar surface area (TPSA) is 42.7 Å². The lowest BCUT2D eigenvalue weighted by Gasteiger charge is -2.20. The minimum Gasteiger partial charge on any atom is -0.376 e. The molecular formula is C11H12N4. The van der Waals surface area contributed by atoms with Gasteiger partial charge in [-0.2, -0.15) is 0 Å². The molecule has 1 aliphatic heterocycles. The Balaban J connectivity index is 2.27. The first-order valence-electron chi connectivity index (χ1n) is 5.16. The van der Waals surface area contributed by atoms with E-state index in [1.165, 1.54) is 0 Å². The third kappa shape index (κ3) is 1.14. The number of aryl methyl sites for hydroxylation is 1. The van der Waals surface area contributed by atoms with E-state index in [0.717, 1.165) is 36.0 Å². The molecule has 0 aliphatic carbocycles. The smallest absolute Gasteiger partial charge is 0.157 e. The van der Waals surface area contributed by atoms with E-state index in [-0.39, 0.29) is 0 Å². The van der Waals surface area contributed by atoms with Gasteiger partial charge in [0.15, 0.2) is 5.82 Å². The SMILES string of the molecule is CCc1nnc2n1-c1ccccc1NC2. The molecule has 4 nitrogen and oxygen atoms in total. The van der Waals surface area contributed by atoms with Gasteiger partial charge in [-0.1, -0.05) is 19.1 Å². The third-order valence-corrected chi connectivity index (χ3v) is 2.70. The van der Waals surface area contributed by atoms with Crippen LogP contribution in [0.5, 0.6) is 0 Å². The monoisotopic (exact) mass is 200 g/mol. The Morgan fingerprint density at radius 3 is 3.07 bits per heavy atom. The quantitative estimate of drug-likeness (QED) is 0.762. The molecule has 0 amide bonds. The number of fused-ring (bicyclic) bond motifs is 3. The Morgan fingerprint density at radius 1 is 1.33 bits per heavy atom. The highest BCUT2D eigenvalue weighted by Gasteiger charge is 2.18. The van der Waals surface area contributed by atoms with Crippen LogP contribution in [0.4, 0.5) is 5.69 Å². The molecule has 0 radical (unpaired) electrons. The second-order valence-electron chi connectivity index (χ2n) is 3.59. The van der Waals surface area contributed by atoms with Crippen molar-refractivity contribution >= 4 is 5.69 Å². The van der Waals surface area contributed by atoms with E-state index < -0.39 is 0 Å². The van der Waals surface area contributed by atoms with Crippen molar-refractivity contribution in [3.8, 4) is 5.69 Å². The highest BCUT2D eigenvalue weighted by atomic mass is 15.3. The average Bonchev–Trinajstić information content (AvgIpc) is 2.72. The highest BCUT2D eigenvalue weighted by Crippen LogP contribution is 2.27. The molecule has 76 valence electrons. The molecule has 0 saturated carbocycles. The van der Waals surface area contributed by atoms with E-state index in [1.54, 1.807) is 0 Å². The largest absolute Gasteiger partial charge is 0.376 e. The van der Waals surface area contributed by atoms with Gasteiger partial charge >= 0.3 is 0 Å². The highest BCUT2D eigenvalue weighted by molar-refractivity contribution is 5.63. The molecule has 3 rings (SSSR count). The Kier molecular flexibility index (Phi) is 1.74. The maximum absolute atomic E-state index is 4.19. The predicted octanol–water partition coefficient (Wildman–Crippen LogP) is 1.76. The molecule has 1 aliphatic rings. The molecule has 1 aromatic heterocycles. The molecular weight excluding hydrogens is 188 g/mol. The summed E-state index contributed by atoms with van der Waals surface area (Å²) in [6, 6.07) is 8.24. The summed E-state index contributed by atoms with van der Waals surface area (Å²) in [5.41, 5.74) is 2.31. The first-order chi connectivity index (χ1) is 7.40. The minimum absolute atomic E-state index is 0.754. The number of nitrogens with one attached hydrogen (secondary N) is 1. The number of rotatable bonds is 1. The van der Waals surface area contributed by atoms with Gasteiger partial charge < -0.3 is 5.32 Å². The fourth-order valence-corrected chi connectivity index (χ4v) is 1.97. The molecule has 2 aromatic rings. The summed E-state index contributed by atoms with van der Waals surface area (Å²) < 4.78 is 2.14. The summed E-state index contributed by atoms with van der Waals surface area (Å²) >= 11 is 0. The summed E-state index contributed by atoms with van der Waals surface area (Å²) in [6.07, 6.45) is 0.904. The third-order valence-electron chi connectivity index (χ3n) is 2.70. The van der Waals surface area contributed by atoms with Crippen LogP contribution in [-0.4, -0.2) is 14.8 Å². The van der Waals surface area contributed by atoms with Gasteiger partial charge in [-0.3, -0.25) is 4.57 Å². The van der Waals surface area contributed by atoms with Crippen LogP contribution in [0.1, 0.15) is 18.6 Å². The van der Waals surface area contributed by atoms with Crippen molar-refractivity contribution in [2.45, 2.75) is 19.9 Å². The summed E-state index contributed by atoms with van der Waals surface area (Å²) in [5, 5.41) is 11.7. The number of hydrogen-bond donors (Lipinski definition) is 1. The van der Waals surface area contributed by atoms with E-state index in [1.807, 2.05) is 12.1 Å². The summed E-state index contributed by atoms with van der Waals surface area (Å²) in [7, 11) is 0. The molecule has 0 bridgehead atoms. The second-order valence-corrected chi connectivity index (χ2v) is 3.59. The Bertz CT molecular complexity index is 488. The number of benzene rings is 1. The van der Waals surface area contributed by atoms with Gasteiger partial charge in [-0.15, -0.1) is 10.2 Å². The first-order valence-corrected chi connectivity index (χ1v) is 5.16. The molecule has 0 saturated heterocycles. The Labute approximate surface area is 88.0 Å². The Morgan fingerprint density at radius 2 is 2.20 bits per heavy atom. The molecule has 1 N–H and O–H groups in total. The van der Waals surface area contributed by atoms with Crippen molar-refractivity contribution in [3.05, 3.63) is 35.9 Å². The van der Waals surface area contributed by atoms with Crippen molar-refractivity contribution in [2.75, 3.05) is 5.32 Å². The average molecular weight is 200 g/mol. The van der Waals surface area contributed by atoms with E-state index in [0.29, 0.717) is 0 Å². The van der Waals surface area contributed by atoms with Crippen LogP contribution in [0.3, 0.4) is 0 Å². The van der Waals surface area contributed by atoms with Gasteiger partial charge in [0.05, 0.1) is 17.9 Å². The lowest BCUT2D eigenvalue weighted by molar-refractivity contribution is 0.825. The van der Waals surface area contributed by atoms with E-state index in [9.17, 15) is 0 Å². The maximum atomic E-state index is 4.19. The molecule has 0 fully saturated rings. The Hall–Kier alpha value is -1.84. The van der Waals surface area contributed by atoms with Crippen molar-refractivity contribution in [1.29, 1.82) is 0 Å². The molecule has 2 heterocycles. The van der Waals surface area contributed by atoms with Crippen molar-refractivity contribution < 1.29 is 0 Å². The van der Waals surface area contributed by atoms with Crippen LogP contribution in [0, 0.1) is 0 Å². The molecule has 0 unspecified atom stereocenters. The van der Waals surface area contributed by atoms with Gasteiger partial charge in [0.2, 0.25) is 0 Å². The van der Waals surface area contributed by atoms with Crippen LogP contribution >= 0.6 is 0 Å². The van der Waals surface area contributed by atoms with Crippen molar-refractivity contribution in [2.24, 2.45) is 0 Å². The summed E-state index contributed by atoms with van der Waals surface area (Å²) in [4.78, 5) is 0. The molecule has 1 aromatic carbocycles. The van der Waals surface area contributed by atoms with Gasteiger partial charge in [0.1, 0.15) is 5.82 Å². The van der Waals surface area contributed by atoms with E-state index in [2.05, 4.69) is 39.1 Å². The molecule has 15 heavy (non-hydrogen) atoms.